The molecule has 0 spiro atoms. The number of nitriles is 2. The third kappa shape index (κ3) is 3.55. The van der Waals surface area contributed by atoms with E-state index in [1.165, 1.54) is 6.33 Å². The summed E-state index contributed by atoms with van der Waals surface area (Å²) in [6.07, 6.45) is 1.90. The molecule has 0 aliphatic carbocycles. The Kier molecular flexibility index (Phi) is 4.09. The van der Waals surface area contributed by atoms with Crippen LogP contribution in [0.5, 0.6) is 5.75 Å². The number of ether oxygens (including phenoxy) is 1. The molecule has 1 aromatic heterocycles. The Labute approximate surface area is 110 Å². The maximum atomic E-state index is 8.58. The van der Waals surface area contributed by atoms with Gasteiger partial charge < -0.3 is 4.74 Å². The van der Waals surface area contributed by atoms with E-state index in [4.69, 9.17) is 15.3 Å². The lowest BCUT2D eigenvalue weighted by molar-refractivity contribution is 0.291. The van der Waals surface area contributed by atoms with Gasteiger partial charge in [0, 0.05) is 0 Å². The second-order valence-corrected chi connectivity index (χ2v) is 3.77. The van der Waals surface area contributed by atoms with E-state index < -0.39 is 0 Å². The summed E-state index contributed by atoms with van der Waals surface area (Å²) in [6.45, 7) is 0.959. The van der Waals surface area contributed by atoms with Gasteiger partial charge >= 0.3 is 0 Å². The topological polar surface area (TPSA) is 87.5 Å². The lowest BCUT2D eigenvalue weighted by Gasteiger charge is -2.06. The van der Waals surface area contributed by atoms with E-state index in [9.17, 15) is 0 Å². The predicted octanol–water partition coefficient (Wildman–Crippen LogP) is 1.29. The molecule has 0 bridgehead atoms. The first-order valence-electron chi connectivity index (χ1n) is 5.70. The minimum Gasteiger partial charge on any atom is -0.492 e. The molecule has 0 fully saturated rings. The first-order valence-corrected chi connectivity index (χ1v) is 5.70. The smallest absolute Gasteiger partial charge is 0.252 e. The van der Waals surface area contributed by atoms with E-state index in [2.05, 4.69) is 16.2 Å². The minimum atomic E-state index is 0.154. The molecule has 19 heavy (non-hydrogen) atoms. The second-order valence-electron chi connectivity index (χ2n) is 3.77. The molecule has 0 amide bonds. The van der Waals surface area contributed by atoms with Gasteiger partial charge in [-0.1, -0.05) is 12.1 Å². The van der Waals surface area contributed by atoms with Crippen LogP contribution in [0.2, 0.25) is 0 Å². The molecule has 6 nitrogen and oxygen atoms in total. The summed E-state index contributed by atoms with van der Waals surface area (Å²) < 4.78 is 7.09. The second kappa shape index (κ2) is 6.18. The van der Waals surface area contributed by atoms with Crippen LogP contribution in [0.3, 0.4) is 0 Å². The van der Waals surface area contributed by atoms with E-state index in [1.807, 2.05) is 30.3 Å². The van der Waals surface area contributed by atoms with Crippen LogP contribution in [0, 0.1) is 22.7 Å². The van der Waals surface area contributed by atoms with Crippen molar-refractivity contribution < 1.29 is 4.74 Å². The standard InChI is InChI=1S/C13H11N5O/c14-6-5-11-1-3-12(4-2-11)19-8-7-18-10-16-13(9-15)17-18/h1-4,10H,5,7-8H2. The van der Waals surface area contributed by atoms with E-state index in [0.717, 1.165) is 11.3 Å². The highest BCUT2D eigenvalue weighted by Crippen LogP contribution is 2.12. The summed E-state index contributed by atoms with van der Waals surface area (Å²) in [6, 6.07) is 11.3. The van der Waals surface area contributed by atoms with Crippen LogP contribution in [-0.2, 0) is 13.0 Å². The summed E-state index contributed by atoms with van der Waals surface area (Å²) in [4.78, 5) is 3.80. The third-order valence-corrected chi connectivity index (χ3v) is 2.43. The maximum Gasteiger partial charge on any atom is 0.252 e. The fourth-order valence-electron chi connectivity index (χ4n) is 1.51. The Morgan fingerprint density at radius 1 is 1.21 bits per heavy atom. The fraction of sp³-hybridized carbons (Fsp3) is 0.231. The molecule has 0 saturated heterocycles. The number of hydrogen-bond donors (Lipinski definition) is 0. The number of rotatable bonds is 5. The summed E-state index contributed by atoms with van der Waals surface area (Å²) in [5.41, 5.74) is 0.963. The first kappa shape index (κ1) is 12.6. The normalized spacial score (nSPS) is 9.58. The van der Waals surface area contributed by atoms with Crippen molar-refractivity contribution in [2.45, 2.75) is 13.0 Å². The Morgan fingerprint density at radius 3 is 2.63 bits per heavy atom. The van der Waals surface area contributed by atoms with Crippen LogP contribution in [-0.4, -0.2) is 21.4 Å². The van der Waals surface area contributed by atoms with Gasteiger partial charge in [-0.05, 0) is 17.7 Å². The molecule has 6 heteroatoms. The molecule has 0 aliphatic rings. The highest BCUT2D eigenvalue weighted by atomic mass is 16.5. The molecule has 0 radical (unpaired) electrons. The lowest BCUT2D eigenvalue weighted by atomic mass is 10.2. The van der Waals surface area contributed by atoms with E-state index in [1.54, 1.807) is 4.68 Å². The molecule has 0 aliphatic heterocycles. The molecule has 94 valence electrons. The van der Waals surface area contributed by atoms with Crippen LogP contribution in [0.15, 0.2) is 30.6 Å². The van der Waals surface area contributed by atoms with Crippen molar-refractivity contribution in [1.82, 2.24) is 14.8 Å². The molecule has 0 saturated carbocycles. The fourth-order valence-corrected chi connectivity index (χ4v) is 1.51. The van der Waals surface area contributed by atoms with Gasteiger partial charge in [0.1, 0.15) is 24.8 Å². The Balaban J connectivity index is 1.82. The van der Waals surface area contributed by atoms with Gasteiger partial charge in [0.2, 0.25) is 0 Å². The maximum absolute atomic E-state index is 8.58. The predicted molar refractivity (Wildman–Crippen MR) is 66.0 cm³/mol. The molecule has 0 N–H and O–H groups in total. The minimum absolute atomic E-state index is 0.154. The van der Waals surface area contributed by atoms with Gasteiger partial charge in [-0.25, -0.2) is 9.67 Å². The Hall–Kier alpha value is -2.86. The van der Waals surface area contributed by atoms with Gasteiger partial charge in [0.25, 0.3) is 5.82 Å². The van der Waals surface area contributed by atoms with Crippen LogP contribution in [0.1, 0.15) is 11.4 Å². The van der Waals surface area contributed by atoms with E-state index in [-0.39, 0.29) is 5.82 Å². The van der Waals surface area contributed by atoms with E-state index >= 15 is 0 Å². The molecule has 2 rings (SSSR count). The summed E-state index contributed by atoms with van der Waals surface area (Å²) in [7, 11) is 0. The highest BCUT2D eigenvalue weighted by Gasteiger charge is 1.99. The Morgan fingerprint density at radius 2 is 2.00 bits per heavy atom. The van der Waals surface area contributed by atoms with Crippen molar-refractivity contribution in [1.29, 1.82) is 10.5 Å². The number of aromatic nitrogens is 3. The van der Waals surface area contributed by atoms with Crippen molar-refractivity contribution in [2.24, 2.45) is 0 Å². The van der Waals surface area contributed by atoms with Crippen molar-refractivity contribution in [3.8, 4) is 17.9 Å². The summed E-state index contributed by atoms with van der Waals surface area (Å²) in [5.74, 6) is 0.892. The van der Waals surface area contributed by atoms with Crippen LogP contribution in [0.4, 0.5) is 0 Å². The van der Waals surface area contributed by atoms with E-state index in [0.29, 0.717) is 19.6 Å². The first-order chi connectivity index (χ1) is 9.31. The zero-order chi connectivity index (χ0) is 13.5. The third-order valence-electron chi connectivity index (χ3n) is 2.43. The molecule has 2 aromatic rings. The van der Waals surface area contributed by atoms with Crippen LogP contribution >= 0.6 is 0 Å². The van der Waals surface area contributed by atoms with Gasteiger partial charge in [-0.15, -0.1) is 5.10 Å². The highest BCUT2D eigenvalue weighted by molar-refractivity contribution is 5.28. The van der Waals surface area contributed by atoms with Crippen LogP contribution < -0.4 is 4.74 Å². The summed E-state index contributed by atoms with van der Waals surface area (Å²) >= 11 is 0. The SMILES string of the molecule is N#CCc1ccc(OCCn2cnc(C#N)n2)cc1. The van der Waals surface area contributed by atoms with Crippen molar-refractivity contribution >= 4 is 0 Å². The molecule has 0 unspecified atom stereocenters. The average Bonchev–Trinajstić information content (AvgIpc) is 2.89. The van der Waals surface area contributed by atoms with Crippen molar-refractivity contribution in [3.05, 3.63) is 42.0 Å². The molecule has 1 heterocycles. The van der Waals surface area contributed by atoms with Gasteiger partial charge in [-0.2, -0.15) is 10.5 Å². The zero-order valence-corrected chi connectivity index (χ0v) is 10.2. The molecule has 0 atom stereocenters. The van der Waals surface area contributed by atoms with Gasteiger partial charge in [0.05, 0.1) is 19.0 Å². The van der Waals surface area contributed by atoms with Crippen LogP contribution in [0.25, 0.3) is 0 Å². The van der Waals surface area contributed by atoms with Crippen molar-refractivity contribution in [3.63, 3.8) is 0 Å². The quantitative estimate of drug-likeness (QED) is 0.801. The lowest BCUT2D eigenvalue weighted by Crippen LogP contribution is -2.08. The summed E-state index contributed by atoms with van der Waals surface area (Å²) in [5, 5.41) is 21.1. The molecular weight excluding hydrogens is 242 g/mol. The largest absolute Gasteiger partial charge is 0.492 e. The van der Waals surface area contributed by atoms with Crippen molar-refractivity contribution in [2.75, 3.05) is 6.61 Å². The number of nitrogens with zero attached hydrogens (tertiary/aromatic N) is 5. The average molecular weight is 253 g/mol. The monoisotopic (exact) mass is 253 g/mol. The number of benzene rings is 1. The van der Waals surface area contributed by atoms with Gasteiger partial charge in [-0.3, -0.25) is 0 Å². The zero-order valence-electron chi connectivity index (χ0n) is 10.2. The molecule has 1 aromatic carbocycles. The molecular formula is C13H11N5O. The number of hydrogen-bond acceptors (Lipinski definition) is 5. The Bertz CT molecular complexity index is 618. The van der Waals surface area contributed by atoms with Gasteiger partial charge in [0.15, 0.2) is 0 Å².